The summed E-state index contributed by atoms with van der Waals surface area (Å²) in [5.41, 5.74) is 2.72. The van der Waals surface area contributed by atoms with Crippen LogP contribution in [0.15, 0.2) is 30.5 Å². The molecule has 2 atom stereocenters. The van der Waals surface area contributed by atoms with Gasteiger partial charge >= 0.3 is 0 Å². The molecule has 2 saturated heterocycles. The second-order valence-corrected chi connectivity index (χ2v) is 5.09. The summed E-state index contributed by atoms with van der Waals surface area (Å²) < 4.78 is 0. The average Bonchev–Trinajstić information content (AvgIpc) is 2.87. The largest absolute Gasteiger partial charge is 0.361 e. The lowest BCUT2D eigenvalue weighted by molar-refractivity contribution is 0.0940. The molecule has 3 heteroatoms. The number of aromatic amines is 1. The zero-order valence-corrected chi connectivity index (χ0v) is 9.89. The first kappa shape index (κ1) is 9.68. The van der Waals surface area contributed by atoms with Crippen LogP contribution in [0.1, 0.15) is 18.2 Å². The lowest BCUT2D eigenvalue weighted by atomic mass is 10.1. The summed E-state index contributed by atoms with van der Waals surface area (Å²) in [5.74, 6) is 0. The average molecular weight is 227 g/mol. The fourth-order valence-corrected chi connectivity index (χ4v) is 3.38. The van der Waals surface area contributed by atoms with Crippen molar-refractivity contribution in [2.24, 2.45) is 0 Å². The van der Waals surface area contributed by atoms with Crippen LogP contribution >= 0.6 is 0 Å². The number of H-pyrrole nitrogens is 1. The Labute approximate surface area is 101 Å². The molecule has 2 aliphatic rings. The van der Waals surface area contributed by atoms with E-state index >= 15 is 0 Å². The fraction of sp³-hybridized carbons (Fsp3) is 0.429. The summed E-state index contributed by atoms with van der Waals surface area (Å²) in [5, 5.41) is 1.39. The van der Waals surface area contributed by atoms with Crippen LogP contribution in [0.3, 0.4) is 0 Å². The highest BCUT2D eigenvalue weighted by Gasteiger charge is 2.36. The molecule has 3 nitrogen and oxygen atoms in total. The van der Waals surface area contributed by atoms with Crippen LogP contribution in [0.25, 0.3) is 10.9 Å². The van der Waals surface area contributed by atoms with Crippen molar-refractivity contribution in [3.8, 4) is 0 Å². The minimum atomic E-state index is 0.514. The first-order valence-electron chi connectivity index (χ1n) is 6.47. The third kappa shape index (κ3) is 1.36. The summed E-state index contributed by atoms with van der Waals surface area (Å²) in [7, 11) is 0. The van der Waals surface area contributed by atoms with Crippen LogP contribution in [-0.2, 0) is 0 Å². The number of nitrogens with one attached hydrogen (secondary N) is 1. The Morgan fingerprint density at radius 2 is 1.76 bits per heavy atom. The van der Waals surface area contributed by atoms with Gasteiger partial charge in [0.15, 0.2) is 0 Å². The first-order chi connectivity index (χ1) is 8.43. The van der Waals surface area contributed by atoms with Crippen molar-refractivity contribution in [3.05, 3.63) is 36.0 Å². The van der Waals surface area contributed by atoms with E-state index in [1.54, 1.807) is 0 Å². The Balaban J connectivity index is 1.84. The van der Waals surface area contributed by atoms with Gasteiger partial charge in [-0.1, -0.05) is 18.2 Å². The van der Waals surface area contributed by atoms with E-state index in [4.69, 9.17) is 0 Å². The molecular weight excluding hydrogens is 210 g/mol. The molecule has 0 amide bonds. The minimum absolute atomic E-state index is 0.514. The molecule has 0 aliphatic carbocycles. The van der Waals surface area contributed by atoms with Gasteiger partial charge in [-0.2, -0.15) is 0 Å². The number of rotatable bonds is 1. The topological polar surface area (TPSA) is 22.3 Å². The molecule has 1 N–H and O–H groups in total. The van der Waals surface area contributed by atoms with Crippen LogP contribution in [0, 0.1) is 0 Å². The lowest BCUT2D eigenvalue weighted by Gasteiger charge is -2.34. The number of para-hydroxylation sites is 1. The normalized spacial score (nSPS) is 32.1. The van der Waals surface area contributed by atoms with Crippen molar-refractivity contribution in [3.63, 3.8) is 0 Å². The molecule has 0 saturated carbocycles. The van der Waals surface area contributed by atoms with Crippen molar-refractivity contribution >= 4 is 10.9 Å². The predicted octanol–water partition coefficient (Wildman–Crippen LogP) is 2.19. The number of nitrogens with zero attached hydrogens (tertiary/aromatic N) is 2. The minimum Gasteiger partial charge on any atom is -0.361 e. The van der Waals surface area contributed by atoms with E-state index in [0.29, 0.717) is 6.17 Å². The monoisotopic (exact) mass is 227 g/mol. The second kappa shape index (κ2) is 3.59. The Morgan fingerprint density at radius 3 is 2.59 bits per heavy atom. The van der Waals surface area contributed by atoms with E-state index < -0.39 is 0 Å². The van der Waals surface area contributed by atoms with Crippen molar-refractivity contribution in [1.82, 2.24) is 14.8 Å². The smallest absolute Gasteiger partial charge is 0.0907 e. The lowest BCUT2D eigenvalue weighted by Crippen LogP contribution is -2.37. The van der Waals surface area contributed by atoms with Crippen molar-refractivity contribution in [2.75, 3.05) is 26.2 Å². The van der Waals surface area contributed by atoms with Gasteiger partial charge < -0.3 is 4.98 Å². The van der Waals surface area contributed by atoms with Crippen molar-refractivity contribution < 1.29 is 0 Å². The summed E-state index contributed by atoms with van der Waals surface area (Å²) in [6.07, 6.45) is 4.03. The van der Waals surface area contributed by atoms with Gasteiger partial charge in [0.1, 0.15) is 0 Å². The first-order valence-corrected chi connectivity index (χ1v) is 6.47. The van der Waals surface area contributed by atoms with E-state index in [9.17, 15) is 0 Å². The Bertz CT molecular complexity index is 529. The number of fused-ring (bicyclic) bond motifs is 3. The standard InChI is InChI=1S/C14H17N3/c1-2-5-13-11(4-1)12(10-15-13)14-16-6-3-7-17(14)9-8-16/h1-2,4-5,10,14-15H,3,6-9H2. The van der Waals surface area contributed by atoms with E-state index in [-0.39, 0.29) is 0 Å². The molecule has 2 unspecified atom stereocenters. The summed E-state index contributed by atoms with van der Waals surface area (Å²) in [4.78, 5) is 8.62. The van der Waals surface area contributed by atoms with Gasteiger partial charge in [0.05, 0.1) is 6.17 Å². The number of aromatic nitrogens is 1. The van der Waals surface area contributed by atoms with E-state index in [1.807, 2.05) is 0 Å². The zero-order chi connectivity index (χ0) is 11.2. The van der Waals surface area contributed by atoms with Crippen LogP contribution < -0.4 is 0 Å². The predicted molar refractivity (Wildman–Crippen MR) is 68.8 cm³/mol. The molecule has 0 radical (unpaired) electrons. The molecule has 2 bridgehead atoms. The van der Waals surface area contributed by atoms with Crippen LogP contribution in [-0.4, -0.2) is 41.0 Å². The van der Waals surface area contributed by atoms with Gasteiger partial charge in [0.2, 0.25) is 0 Å². The quantitative estimate of drug-likeness (QED) is 0.806. The fourth-order valence-electron chi connectivity index (χ4n) is 3.38. The summed E-state index contributed by atoms with van der Waals surface area (Å²) in [6.45, 7) is 4.95. The number of hydrogen-bond donors (Lipinski definition) is 1. The Hall–Kier alpha value is -1.32. The van der Waals surface area contributed by atoms with E-state index in [0.717, 1.165) is 0 Å². The van der Waals surface area contributed by atoms with E-state index in [1.165, 1.54) is 49.1 Å². The molecule has 88 valence electrons. The SMILES string of the molecule is c1ccc2c(C3N4CCCN3CC4)c[nH]c2c1. The molecule has 2 fully saturated rings. The highest BCUT2D eigenvalue weighted by Crippen LogP contribution is 2.36. The second-order valence-electron chi connectivity index (χ2n) is 5.09. The van der Waals surface area contributed by atoms with Gasteiger partial charge in [-0.15, -0.1) is 0 Å². The molecule has 1 aromatic carbocycles. The van der Waals surface area contributed by atoms with Crippen LogP contribution in [0.4, 0.5) is 0 Å². The van der Waals surface area contributed by atoms with E-state index in [2.05, 4.69) is 45.2 Å². The molecule has 2 aromatic rings. The maximum Gasteiger partial charge on any atom is 0.0907 e. The highest BCUT2D eigenvalue weighted by molar-refractivity contribution is 5.83. The van der Waals surface area contributed by atoms with Gasteiger partial charge in [-0.25, -0.2) is 0 Å². The molecule has 3 heterocycles. The third-order valence-corrected chi connectivity index (χ3v) is 4.16. The van der Waals surface area contributed by atoms with Gasteiger partial charge in [-0.3, -0.25) is 9.80 Å². The molecule has 4 rings (SSSR count). The molecular formula is C14H17N3. The Kier molecular flexibility index (Phi) is 2.04. The Morgan fingerprint density at radius 1 is 1.00 bits per heavy atom. The highest BCUT2D eigenvalue weighted by atomic mass is 15.4. The van der Waals surface area contributed by atoms with Crippen LogP contribution in [0.5, 0.6) is 0 Å². The summed E-state index contributed by atoms with van der Waals surface area (Å²) in [6, 6.07) is 8.62. The maximum absolute atomic E-state index is 3.40. The van der Waals surface area contributed by atoms with Gasteiger partial charge in [-0.05, 0) is 12.5 Å². The summed E-state index contributed by atoms with van der Waals surface area (Å²) >= 11 is 0. The third-order valence-electron chi connectivity index (χ3n) is 4.16. The molecule has 0 spiro atoms. The number of hydrogen-bond acceptors (Lipinski definition) is 2. The van der Waals surface area contributed by atoms with Crippen molar-refractivity contribution in [1.29, 1.82) is 0 Å². The molecule has 1 aromatic heterocycles. The van der Waals surface area contributed by atoms with Gasteiger partial charge in [0, 0.05) is 48.8 Å². The van der Waals surface area contributed by atoms with Crippen molar-refractivity contribution in [2.45, 2.75) is 12.6 Å². The maximum atomic E-state index is 3.40. The van der Waals surface area contributed by atoms with Crippen LogP contribution in [0.2, 0.25) is 0 Å². The number of benzene rings is 1. The zero-order valence-electron chi connectivity index (χ0n) is 9.89. The molecule has 17 heavy (non-hydrogen) atoms. The molecule has 2 aliphatic heterocycles. The van der Waals surface area contributed by atoms with Gasteiger partial charge in [0.25, 0.3) is 0 Å².